The quantitative estimate of drug-likeness (QED) is 0.370. The summed E-state index contributed by atoms with van der Waals surface area (Å²) in [5.74, 6) is 0.121. The van der Waals surface area contributed by atoms with E-state index in [1.54, 1.807) is 19.2 Å². The van der Waals surface area contributed by atoms with Crippen LogP contribution in [0.2, 0.25) is 0 Å². The molecule has 1 aliphatic rings. The van der Waals surface area contributed by atoms with Crippen LogP contribution in [0.1, 0.15) is 24.0 Å². The van der Waals surface area contributed by atoms with Gasteiger partial charge in [-0.3, -0.25) is 4.99 Å². The molecule has 2 aromatic rings. The predicted octanol–water partition coefficient (Wildman–Crippen LogP) is 4.00. The molecule has 0 radical (unpaired) electrons. The minimum absolute atomic E-state index is 0. The van der Waals surface area contributed by atoms with Crippen molar-refractivity contribution in [3.63, 3.8) is 0 Å². The molecule has 0 amide bonds. The van der Waals surface area contributed by atoms with E-state index in [-0.39, 0.29) is 41.0 Å². The van der Waals surface area contributed by atoms with E-state index in [1.807, 2.05) is 18.2 Å². The fraction of sp³-hybridized carbons (Fsp3) is 0.381. The Morgan fingerprint density at radius 1 is 1.04 bits per heavy atom. The molecular formula is C21H26F2IN3O. The molecule has 0 aromatic heterocycles. The lowest BCUT2D eigenvalue weighted by Crippen LogP contribution is -2.48. The van der Waals surface area contributed by atoms with Gasteiger partial charge in [-0.1, -0.05) is 30.3 Å². The van der Waals surface area contributed by atoms with Crippen LogP contribution in [0, 0.1) is 11.6 Å². The van der Waals surface area contributed by atoms with Crippen LogP contribution >= 0.6 is 24.0 Å². The number of ether oxygens (including phenoxy) is 1. The zero-order valence-corrected chi connectivity index (χ0v) is 18.2. The molecule has 0 spiro atoms. The molecule has 1 saturated heterocycles. The van der Waals surface area contributed by atoms with E-state index in [4.69, 9.17) is 4.74 Å². The van der Waals surface area contributed by atoms with Crippen LogP contribution in [-0.2, 0) is 16.7 Å². The molecule has 3 rings (SSSR count). The highest BCUT2D eigenvalue weighted by Crippen LogP contribution is 2.34. The average molecular weight is 501 g/mol. The van der Waals surface area contributed by atoms with Crippen molar-refractivity contribution in [3.8, 4) is 0 Å². The number of nitrogens with one attached hydrogen (secondary N) is 2. The molecule has 28 heavy (non-hydrogen) atoms. The van der Waals surface area contributed by atoms with Crippen LogP contribution < -0.4 is 10.6 Å². The number of halogens is 3. The van der Waals surface area contributed by atoms with Gasteiger partial charge in [-0.25, -0.2) is 8.78 Å². The summed E-state index contributed by atoms with van der Waals surface area (Å²) < 4.78 is 32.7. The molecule has 0 atom stereocenters. The Balaban J connectivity index is 0.00000280. The summed E-state index contributed by atoms with van der Waals surface area (Å²) in [4.78, 5) is 4.24. The maximum atomic E-state index is 13.8. The summed E-state index contributed by atoms with van der Waals surface area (Å²) in [6.45, 7) is 2.32. The zero-order valence-electron chi connectivity index (χ0n) is 15.9. The summed E-state index contributed by atoms with van der Waals surface area (Å²) in [7, 11) is 1.69. The van der Waals surface area contributed by atoms with E-state index in [2.05, 4.69) is 15.6 Å². The first-order valence-electron chi connectivity index (χ1n) is 9.15. The van der Waals surface area contributed by atoms with Gasteiger partial charge in [0.05, 0.1) is 0 Å². The van der Waals surface area contributed by atoms with Crippen LogP contribution in [-0.4, -0.2) is 32.8 Å². The summed E-state index contributed by atoms with van der Waals surface area (Å²) in [5.41, 5.74) is 1.52. The Kier molecular flexibility index (Phi) is 8.62. The molecule has 2 aromatic carbocycles. The molecule has 1 heterocycles. The van der Waals surface area contributed by atoms with Crippen molar-refractivity contribution in [3.05, 3.63) is 71.3 Å². The third-order valence-electron chi connectivity index (χ3n) is 5.13. The van der Waals surface area contributed by atoms with E-state index in [0.717, 1.165) is 18.4 Å². The zero-order chi connectivity index (χ0) is 19.1. The Hall–Kier alpha value is -1.74. The predicted molar refractivity (Wildman–Crippen MR) is 118 cm³/mol. The fourth-order valence-corrected chi connectivity index (χ4v) is 3.43. The van der Waals surface area contributed by atoms with Crippen LogP contribution in [0.15, 0.2) is 53.5 Å². The molecule has 0 unspecified atom stereocenters. The molecule has 0 saturated carbocycles. The SMILES string of the molecule is CN=C(NCc1ccccc1F)NCC1(c2ccc(F)cc2)CCOCC1.I. The second-order valence-electron chi connectivity index (χ2n) is 6.77. The molecule has 0 aliphatic carbocycles. The van der Waals surface area contributed by atoms with Crippen LogP contribution in [0.25, 0.3) is 0 Å². The summed E-state index contributed by atoms with van der Waals surface area (Å²) in [5, 5.41) is 6.50. The van der Waals surface area contributed by atoms with Gasteiger partial charge in [0.1, 0.15) is 11.6 Å². The summed E-state index contributed by atoms with van der Waals surface area (Å²) in [6, 6.07) is 13.4. The number of benzene rings is 2. The van der Waals surface area contributed by atoms with Crippen LogP contribution in [0.3, 0.4) is 0 Å². The van der Waals surface area contributed by atoms with Gasteiger partial charge in [-0.05, 0) is 36.6 Å². The second-order valence-corrected chi connectivity index (χ2v) is 6.77. The van der Waals surface area contributed by atoms with Gasteiger partial charge < -0.3 is 15.4 Å². The maximum absolute atomic E-state index is 13.8. The van der Waals surface area contributed by atoms with Gasteiger partial charge >= 0.3 is 0 Å². The lowest BCUT2D eigenvalue weighted by Gasteiger charge is -2.38. The van der Waals surface area contributed by atoms with E-state index in [9.17, 15) is 8.78 Å². The lowest BCUT2D eigenvalue weighted by molar-refractivity contribution is 0.0513. The third-order valence-corrected chi connectivity index (χ3v) is 5.13. The Labute approximate surface area is 181 Å². The third kappa shape index (κ3) is 5.64. The van der Waals surface area contributed by atoms with Crippen LogP contribution in [0.4, 0.5) is 8.78 Å². The van der Waals surface area contributed by atoms with E-state index in [1.165, 1.54) is 18.2 Å². The molecular weight excluding hydrogens is 475 g/mol. The van der Waals surface area contributed by atoms with E-state index >= 15 is 0 Å². The van der Waals surface area contributed by atoms with Crippen molar-refractivity contribution in [2.75, 3.05) is 26.8 Å². The number of nitrogens with zero attached hydrogens (tertiary/aromatic N) is 1. The molecule has 152 valence electrons. The fourth-order valence-electron chi connectivity index (χ4n) is 3.43. The lowest BCUT2D eigenvalue weighted by atomic mass is 9.74. The van der Waals surface area contributed by atoms with E-state index in [0.29, 0.717) is 37.8 Å². The van der Waals surface area contributed by atoms with Gasteiger partial charge in [-0.2, -0.15) is 0 Å². The Bertz CT molecular complexity index is 777. The second kappa shape index (κ2) is 10.7. The van der Waals surface area contributed by atoms with Gasteiger partial charge in [0.25, 0.3) is 0 Å². The molecule has 7 heteroatoms. The van der Waals surface area contributed by atoms with Crippen molar-refractivity contribution in [2.24, 2.45) is 4.99 Å². The largest absolute Gasteiger partial charge is 0.381 e. The number of hydrogen-bond acceptors (Lipinski definition) is 2. The highest BCUT2D eigenvalue weighted by Gasteiger charge is 2.34. The molecule has 4 nitrogen and oxygen atoms in total. The minimum atomic E-state index is -0.243. The summed E-state index contributed by atoms with van der Waals surface area (Å²) in [6.07, 6.45) is 1.69. The van der Waals surface area contributed by atoms with Gasteiger partial charge in [0.2, 0.25) is 0 Å². The smallest absolute Gasteiger partial charge is 0.191 e. The number of rotatable bonds is 5. The standard InChI is InChI=1S/C21H25F2N3O.HI/c1-24-20(25-14-16-4-2-3-5-19(16)23)26-15-21(10-12-27-13-11-21)17-6-8-18(22)9-7-17;/h2-9H,10-15H2,1H3,(H2,24,25,26);1H. The molecule has 0 bridgehead atoms. The van der Waals surface area contributed by atoms with Crippen molar-refractivity contribution < 1.29 is 13.5 Å². The Morgan fingerprint density at radius 3 is 2.36 bits per heavy atom. The van der Waals surface area contributed by atoms with Gasteiger partial charge in [-0.15, -0.1) is 24.0 Å². The number of hydrogen-bond donors (Lipinski definition) is 2. The Morgan fingerprint density at radius 2 is 1.71 bits per heavy atom. The van der Waals surface area contributed by atoms with Crippen molar-refractivity contribution in [1.82, 2.24) is 10.6 Å². The first-order chi connectivity index (χ1) is 13.1. The van der Waals surface area contributed by atoms with E-state index < -0.39 is 0 Å². The minimum Gasteiger partial charge on any atom is -0.381 e. The first-order valence-corrected chi connectivity index (χ1v) is 9.15. The highest BCUT2D eigenvalue weighted by atomic mass is 127. The molecule has 1 aliphatic heterocycles. The van der Waals surface area contributed by atoms with Crippen molar-refractivity contribution >= 4 is 29.9 Å². The van der Waals surface area contributed by atoms with Gasteiger partial charge in [0, 0.05) is 44.3 Å². The maximum Gasteiger partial charge on any atom is 0.191 e. The van der Waals surface area contributed by atoms with Gasteiger partial charge in [0.15, 0.2) is 5.96 Å². The first kappa shape index (κ1) is 22.5. The normalized spacial score (nSPS) is 16.2. The summed E-state index contributed by atoms with van der Waals surface area (Å²) >= 11 is 0. The average Bonchev–Trinajstić information content (AvgIpc) is 2.70. The molecule has 2 N–H and O–H groups in total. The monoisotopic (exact) mass is 501 g/mol. The van der Waals surface area contributed by atoms with Crippen molar-refractivity contribution in [1.29, 1.82) is 0 Å². The number of guanidine groups is 1. The van der Waals surface area contributed by atoms with Crippen molar-refractivity contribution in [2.45, 2.75) is 24.8 Å². The number of aliphatic imine (C=N–C) groups is 1. The van der Waals surface area contributed by atoms with Crippen LogP contribution in [0.5, 0.6) is 0 Å². The molecule has 1 fully saturated rings. The highest BCUT2D eigenvalue weighted by molar-refractivity contribution is 14.0. The topological polar surface area (TPSA) is 45.7 Å².